The van der Waals surface area contributed by atoms with E-state index < -0.39 is 16.1 Å². The highest BCUT2D eigenvalue weighted by Gasteiger charge is 2.67. The largest absolute Gasteiger partial charge is 0.492 e. The maximum absolute atomic E-state index is 11.6. The minimum Gasteiger partial charge on any atom is -0.492 e. The summed E-state index contributed by atoms with van der Waals surface area (Å²) in [6.07, 6.45) is 2.22. The molecule has 0 aromatic heterocycles. The van der Waals surface area contributed by atoms with Gasteiger partial charge in [-0.05, 0) is 60.2 Å². The minimum atomic E-state index is -3.29. The maximum Gasteiger partial charge on any atom is 0.316 e. The molecule has 4 rings (SSSR count). The summed E-state index contributed by atoms with van der Waals surface area (Å²) < 4.78 is 31.6. The van der Waals surface area contributed by atoms with Crippen LogP contribution in [0.3, 0.4) is 0 Å². The summed E-state index contributed by atoms with van der Waals surface area (Å²) in [6.45, 7) is 5.71. The molecule has 0 radical (unpaired) electrons. The second kappa shape index (κ2) is 8.63. The average Bonchev–Trinajstić information content (AvgIpc) is 3.10. The van der Waals surface area contributed by atoms with Crippen LogP contribution in [0, 0.1) is 11.8 Å². The van der Waals surface area contributed by atoms with Gasteiger partial charge < -0.3 is 15.8 Å². The van der Waals surface area contributed by atoms with Crippen molar-refractivity contribution >= 4 is 27.4 Å². The van der Waals surface area contributed by atoms with Gasteiger partial charge in [0.15, 0.2) is 0 Å². The molecule has 8 nitrogen and oxygen atoms in total. The molecule has 1 heterocycles. The number of sulfonamides is 1. The minimum absolute atomic E-state index is 0.135. The molecule has 2 aromatic rings. The molecule has 1 saturated carbocycles. The van der Waals surface area contributed by atoms with Gasteiger partial charge in [-0.1, -0.05) is 19.1 Å². The van der Waals surface area contributed by atoms with E-state index in [1.54, 1.807) is 18.2 Å². The molecule has 0 bridgehead atoms. The van der Waals surface area contributed by atoms with Gasteiger partial charge in [-0.2, -0.15) is 0 Å². The van der Waals surface area contributed by atoms with Crippen LogP contribution in [-0.2, 0) is 15.4 Å². The highest BCUT2D eigenvalue weighted by molar-refractivity contribution is 7.92. The second-order valence-electron chi connectivity index (χ2n) is 8.68. The predicted octanol–water partition coefficient (Wildman–Crippen LogP) is 2.84. The molecule has 1 aliphatic carbocycles. The molecule has 1 aliphatic heterocycles. The van der Waals surface area contributed by atoms with Crippen molar-refractivity contribution < 1.29 is 17.9 Å². The number of likely N-dealkylation sites (tertiary alicyclic amines) is 1. The number of hydrogen-bond donors (Lipinski definition) is 3. The number of carbonyl (C=O) groups is 1. The number of ether oxygens (including phenoxy) is 1. The lowest BCUT2D eigenvalue weighted by molar-refractivity contribution is 0.209. The van der Waals surface area contributed by atoms with Crippen molar-refractivity contribution in [1.82, 2.24) is 4.90 Å². The first-order valence-electron chi connectivity index (χ1n) is 10.8. The molecule has 2 aromatic carbocycles. The summed E-state index contributed by atoms with van der Waals surface area (Å²) in [6, 6.07) is 14.4. The van der Waals surface area contributed by atoms with E-state index in [-0.39, 0.29) is 5.41 Å². The number of carbonyl (C=O) groups excluding carboxylic acids is 1. The molecule has 4 N–H and O–H groups in total. The standard InChI is InChI=1S/C23H30N4O4S/c1-3-23(16-5-4-6-18(13-16)26-32(2,29)30)20-14-27(15-21(20)23)11-12-31-19-9-7-17(8-10-19)25-22(24)28/h4-10,13,20-21,26H,3,11-12,14-15H2,1-2H3,(H3,24,25,28). The van der Waals surface area contributed by atoms with E-state index in [4.69, 9.17) is 10.5 Å². The van der Waals surface area contributed by atoms with E-state index in [0.717, 1.165) is 31.8 Å². The number of hydrogen-bond acceptors (Lipinski definition) is 5. The van der Waals surface area contributed by atoms with Crippen molar-refractivity contribution in [2.45, 2.75) is 18.8 Å². The molecule has 2 fully saturated rings. The number of primary amides is 1. The first-order chi connectivity index (χ1) is 15.2. The van der Waals surface area contributed by atoms with Crippen molar-refractivity contribution in [3.63, 3.8) is 0 Å². The van der Waals surface area contributed by atoms with E-state index in [2.05, 4.69) is 27.9 Å². The van der Waals surface area contributed by atoms with Gasteiger partial charge in [0.1, 0.15) is 12.4 Å². The molecule has 2 unspecified atom stereocenters. The van der Waals surface area contributed by atoms with Crippen LogP contribution >= 0.6 is 0 Å². The number of nitrogens with two attached hydrogens (primary N) is 1. The van der Waals surface area contributed by atoms with Crippen LogP contribution in [0.2, 0.25) is 0 Å². The van der Waals surface area contributed by atoms with Crippen molar-refractivity contribution in [2.75, 3.05) is 42.5 Å². The van der Waals surface area contributed by atoms with Gasteiger partial charge in [-0.25, -0.2) is 13.2 Å². The lowest BCUT2D eigenvalue weighted by atomic mass is 9.87. The van der Waals surface area contributed by atoms with Gasteiger partial charge in [0.05, 0.1) is 6.26 Å². The Morgan fingerprint density at radius 3 is 2.44 bits per heavy atom. The molecule has 32 heavy (non-hydrogen) atoms. The second-order valence-corrected chi connectivity index (χ2v) is 10.4. The zero-order valence-corrected chi connectivity index (χ0v) is 19.2. The first-order valence-corrected chi connectivity index (χ1v) is 12.7. The van der Waals surface area contributed by atoms with Crippen LogP contribution in [0.4, 0.5) is 16.2 Å². The fourth-order valence-electron chi connectivity index (χ4n) is 5.31. The zero-order chi connectivity index (χ0) is 22.9. The Bertz CT molecular complexity index is 1080. The summed E-state index contributed by atoms with van der Waals surface area (Å²) in [5.74, 6) is 1.92. The van der Waals surface area contributed by atoms with Crippen molar-refractivity contribution in [3.8, 4) is 5.75 Å². The predicted molar refractivity (Wildman–Crippen MR) is 125 cm³/mol. The Kier molecular flexibility index (Phi) is 6.05. The lowest BCUT2D eigenvalue weighted by Crippen LogP contribution is -2.33. The number of piperidine rings is 1. The van der Waals surface area contributed by atoms with Crippen LogP contribution in [0.5, 0.6) is 5.75 Å². The number of amides is 2. The van der Waals surface area contributed by atoms with Crippen molar-refractivity contribution in [3.05, 3.63) is 54.1 Å². The van der Waals surface area contributed by atoms with Crippen LogP contribution in [-0.4, -0.2) is 51.8 Å². The summed E-state index contributed by atoms with van der Waals surface area (Å²) in [7, 11) is -3.29. The van der Waals surface area contributed by atoms with Crippen LogP contribution in [0.25, 0.3) is 0 Å². The normalized spacial score (nSPS) is 24.6. The summed E-state index contributed by atoms with van der Waals surface area (Å²) >= 11 is 0. The quantitative estimate of drug-likeness (QED) is 0.535. The maximum atomic E-state index is 11.6. The number of nitrogens with one attached hydrogen (secondary N) is 2. The Labute approximate surface area is 189 Å². The van der Waals surface area contributed by atoms with Gasteiger partial charge in [0.2, 0.25) is 10.0 Å². The van der Waals surface area contributed by atoms with E-state index >= 15 is 0 Å². The molecule has 2 atom stereocenters. The number of nitrogens with zero attached hydrogens (tertiary/aromatic N) is 1. The van der Waals surface area contributed by atoms with Gasteiger partial charge in [0, 0.05) is 36.4 Å². The Morgan fingerprint density at radius 2 is 1.84 bits per heavy atom. The average molecular weight is 459 g/mol. The highest BCUT2D eigenvalue weighted by Crippen LogP contribution is 2.65. The smallest absolute Gasteiger partial charge is 0.316 e. The highest BCUT2D eigenvalue weighted by atomic mass is 32.2. The Morgan fingerprint density at radius 1 is 1.16 bits per heavy atom. The zero-order valence-electron chi connectivity index (χ0n) is 18.4. The Hall–Kier alpha value is -2.78. The SMILES string of the molecule is CCC1(c2cccc(NS(C)(=O)=O)c2)C2CN(CCOc3ccc(NC(N)=O)cc3)CC21. The first kappa shape index (κ1) is 22.4. The Balaban J connectivity index is 1.30. The monoisotopic (exact) mass is 458 g/mol. The van der Waals surface area contributed by atoms with Gasteiger partial charge >= 0.3 is 6.03 Å². The lowest BCUT2D eigenvalue weighted by Gasteiger charge is -2.26. The van der Waals surface area contributed by atoms with E-state index in [0.29, 0.717) is 29.8 Å². The molecule has 2 amide bonds. The molecule has 2 aliphatic rings. The third-order valence-electron chi connectivity index (χ3n) is 6.70. The van der Waals surface area contributed by atoms with Gasteiger partial charge in [0.25, 0.3) is 0 Å². The fourth-order valence-corrected chi connectivity index (χ4v) is 5.87. The third-order valence-corrected chi connectivity index (χ3v) is 7.30. The summed E-state index contributed by atoms with van der Waals surface area (Å²) in [4.78, 5) is 13.3. The molecular formula is C23H30N4O4S. The van der Waals surface area contributed by atoms with E-state index in [1.807, 2.05) is 24.3 Å². The van der Waals surface area contributed by atoms with Gasteiger partial charge in [-0.15, -0.1) is 0 Å². The summed E-state index contributed by atoms with van der Waals surface area (Å²) in [5.41, 5.74) is 7.74. The van der Waals surface area contributed by atoms with Crippen LogP contribution < -0.4 is 20.5 Å². The van der Waals surface area contributed by atoms with E-state index in [9.17, 15) is 13.2 Å². The molecule has 0 spiro atoms. The molecule has 9 heteroatoms. The number of rotatable bonds is 9. The van der Waals surface area contributed by atoms with Crippen LogP contribution in [0.1, 0.15) is 18.9 Å². The van der Waals surface area contributed by atoms with Gasteiger partial charge in [-0.3, -0.25) is 9.62 Å². The number of anilines is 2. The third kappa shape index (κ3) is 4.68. The molecular weight excluding hydrogens is 428 g/mol. The van der Waals surface area contributed by atoms with E-state index in [1.165, 1.54) is 11.8 Å². The topological polar surface area (TPSA) is 114 Å². The summed E-state index contributed by atoms with van der Waals surface area (Å²) in [5, 5.41) is 2.52. The molecule has 172 valence electrons. The van der Waals surface area contributed by atoms with Crippen molar-refractivity contribution in [1.29, 1.82) is 0 Å². The number of urea groups is 1. The fraction of sp³-hybridized carbons (Fsp3) is 0.435. The molecule has 1 saturated heterocycles. The number of benzene rings is 2. The van der Waals surface area contributed by atoms with Crippen molar-refractivity contribution in [2.24, 2.45) is 17.6 Å². The van der Waals surface area contributed by atoms with Crippen LogP contribution in [0.15, 0.2) is 48.5 Å². The number of fused-ring (bicyclic) bond motifs is 1.